The number of pyridine rings is 1. The van der Waals surface area contributed by atoms with Gasteiger partial charge in [0.2, 0.25) is 0 Å². The molecule has 0 amide bonds. The molecular formula is C23H30ClN7. The van der Waals surface area contributed by atoms with Crippen LogP contribution in [0.2, 0.25) is 5.02 Å². The van der Waals surface area contributed by atoms with Crippen LogP contribution >= 0.6 is 11.6 Å². The first-order valence-corrected chi connectivity index (χ1v) is 11.3. The number of aromatic amines is 1. The lowest BCUT2D eigenvalue weighted by molar-refractivity contribution is 0.616. The summed E-state index contributed by atoms with van der Waals surface area (Å²) in [5.74, 6) is 1.76. The Hall–Kier alpha value is -2.51. The largest absolute Gasteiger partial charge is 0.354 e. The van der Waals surface area contributed by atoms with Gasteiger partial charge >= 0.3 is 0 Å². The van der Waals surface area contributed by atoms with Gasteiger partial charge in [0.05, 0.1) is 21.8 Å². The lowest BCUT2D eigenvalue weighted by Crippen LogP contribution is -2.30. The summed E-state index contributed by atoms with van der Waals surface area (Å²) in [5.41, 5.74) is 4.82. The molecule has 1 fully saturated rings. The van der Waals surface area contributed by atoms with Crippen LogP contribution in [-0.2, 0) is 19.3 Å². The van der Waals surface area contributed by atoms with E-state index in [9.17, 15) is 0 Å². The van der Waals surface area contributed by atoms with Gasteiger partial charge in [-0.05, 0) is 51.8 Å². The van der Waals surface area contributed by atoms with Crippen LogP contribution in [0.15, 0.2) is 17.3 Å². The molecule has 0 spiro atoms. The molecule has 8 heteroatoms. The molecule has 4 rings (SSSR count). The van der Waals surface area contributed by atoms with E-state index in [1.807, 2.05) is 27.1 Å². The second-order valence-corrected chi connectivity index (χ2v) is 8.39. The number of anilines is 1. The normalized spacial score (nSPS) is 16.8. The molecule has 3 aromatic rings. The maximum atomic E-state index is 6.72. The quantitative estimate of drug-likeness (QED) is 0.539. The van der Waals surface area contributed by atoms with Gasteiger partial charge in [0, 0.05) is 43.7 Å². The number of H-pyrrole nitrogens is 1. The first-order chi connectivity index (χ1) is 15.0. The molecule has 0 bridgehead atoms. The van der Waals surface area contributed by atoms with Crippen molar-refractivity contribution in [3.05, 3.63) is 40.1 Å². The maximum absolute atomic E-state index is 6.72. The van der Waals surface area contributed by atoms with Gasteiger partial charge in [-0.15, -0.1) is 0 Å². The van der Waals surface area contributed by atoms with Crippen LogP contribution in [0.1, 0.15) is 43.0 Å². The molecule has 164 valence electrons. The minimum absolute atomic E-state index is 0.466. The van der Waals surface area contributed by atoms with E-state index in [0.717, 1.165) is 89.1 Å². The number of hydrogen-bond donors (Lipinski definition) is 2. The summed E-state index contributed by atoms with van der Waals surface area (Å²) in [5, 5.41) is 5.07. The SMILES string of the molecule is CC=Nc1cc(CCc2nc(N3CCC(NC)C3)c3c(Cl)c(CC)[nH]c3n2)cnc1C. The van der Waals surface area contributed by atoms with Crippen LogP contribution in [0.5, 0.6) is 0 Å². The van der Waals surface area contributed by atoms with Crippen molar-refractivity contribution in [1.82, 2.24) is 25.3 Å². The van der Waals surface area contributed by atoms with Gasteiger partial charge in [-0.1, -0.05) is 18.5 Å². The Kier molecular flexibility index (Phi) is 6.53. The van der Waals surface area contributed by atoms with Gasteiger partial charge in [-0.25, -0.2) is 9.97 Å². The van der Waals surface area contributed by atoms with E-state index >= 15 is 0 Å². The first-order valence-electron chi connectivity index (χ1n) is 11.0. The summed E-state index contributed by atoms with van der Waals surface area (Å²) >= 11 is 6.72. The predicted molar refractivity (Wildman–Crippen MR) is 128 cm³/mol. The zero-order valence-corrected chi connectivity index (χ0v) is 19.4. The lowest BCUT2D eigenvalue weighted by Gasteiger charge is -2.19. The fraction of sp³-hybridized carbons (Fsp3) is 0.478. The van der Waals surface area contributed by atoms with E-state index in [2.05, 4.69) is 38.2 Å². The zero-order chi connectivity index (χ0) is 22.0. The topological polar surface area (TPSA) is 82.1 Å². The third kappa shape index (κ3) is 4.43. The standard InChI is InChI=1S/C23H30ClN7/c1-5-17-21(24)20-22(28-17)29-19(30-23(20)31-10-9-16(13-31)25-4)8-7-15-11-18(26-6-2)14(3)27-12-15/h6,11-12,16,25H,5,7-10,13H2,1-4H3,(H,28,29,30). The lowest BCUT2D eigenvalue weighted by atomic mass is 10.1. The molecule has 0 radical (unpaired) electrons. The molecule has 3 aromatic heterocycles. The van der Waals surface area contributed by atoms with Gasteiger partial charge in [0.15, 0.2) is 0 Å². The van der Waals surface area contributed by atoms with Crippen molar-refractivity contribution in [3.63, 3.8) is 0 Å². The van der Waals surface area contributed by atoms with Gasteiger partial charge in [-0.2, -0.15) is 0 Å². The average molecular weight is 440 g/mol. The highest BCUT2D eigenvalue weighted by Gasteiger charge is 2.26. The van der Waals surface area contributed by atoms with Crippen LogP contribution < -0.4 is 10.2 Å². The monoisotopic (exact) mass is 439 g/mol. The molecule has 1 saturated heterocycles. The molecule has 0 saturated carbocycles. The minimum Gasteiger partial charge on any atom is -0.354 e. The summed E-state index contributed by atoms with van der Waals surface area (Å²) < 4.78 is 0. The summed E-state index contributed by atoms with van der Waals surface area (Å²) in [6.07, 6.45) is 7.17. The molecular weight excluding hydrogens is 410 g/mol. The molecule has 1 aliphatic heterocycles. The Morgan fingerprint density at radius 2 is 2.19 bits per heavy atom. The Balaban J connectivity index is 1.66. The van der Waals surface area contributed by atoms with Crippen molar-refractivity contribution in [3.8, 4) is 0 Å². The molecule has 1 atom stereocenters. The summed E-state index contributed by atoms with van der Waals surface area (Å²) in [4.78, 5) is 24.5. The highest BCUT2D eigenvalue weighted by atomic mass is 35.5. The van der Waals surface area contributed by atoms with Gasteiger partial charge in [0.1, 0.15) is 17.3 Å². The van der Waals surface area contributed by atoms with Gasteiger partial charge in [-0.3, -0.25) is 9.98 Å². The van der Waals surface area contributed by atoms with Crippen molar-refractivity contribution in [2.75, 3.05) is 25.0 Å². The minimum atomic E-state index is 0.466. The molecule has 4 heterocycles. The number of nitrogens with one attached hydrogen (secondary N) is 2. The molecule has 0 aliphatic carbocycles. The summed E-state index contributed by atoms with van der Waals surface area (Å²) in [6, 6.07) is 2.56. The number of halogens is 1. The van der Waals surface area contributed by atoms with Crippen molar-refractivity contribution >= 4 is 40.4 Å². The third-order valence-electron chi connectivity index (χ3n) is 5.96. The second-order valence-electron chi connectivity index (χ2n) is 8.01. The third-order valence-corrected chi connectivity index (χ3v) is 6.38. The van der Waals surface area contributed by atoms with E-state index in [4.69, 9.17) is 21.6 Å². The van der Waals surface area contributed by atoms with E-state index in [0.29, 0.717) is 6.04 Å². The van der Waals surface area contributed by atoms with Gasteiger partial charge < -0.3 is 15.2 Å². The molecule has 7 nitrogen and oxygen atoms in total. The summed E-state index contributed by atoms with van der Waals surface area (Å²) in [7, 11) is 2.01. The number of nitrogens with zero attached hydrogens (tertiary/aromatic N) is 5. The van der Waals surface area contributed by atoms with Crippen LogP contribution in [0.3, 0.4) is 0 Å². The van der Waals surface area contributed by atoms with Crippen LogP contribution in [0, 0.1) is 6.92 Å². The highest BCUT2D eigenvalue weighted by molar-refractivity contribution is 6.37. The van der Waals surface area contributed by atoms with Crippen molar-refractivity contribution < 1.29 is 0 Å². The van der Waals surface area contributed by atoms with E-state index in [1.165, 1.54) is 0 Å². The average Bonchev–Trinajstić information content (AvgIpc) is 3.38. The van der Waals surface area contributed by atoms with Gasteiger partial charge in [0.25, 0.3) is 0 Å². The van der Waals surface area contributed by atoms with Crippen molar-refractivity contribution in [2.24, 2.45) is 4.99 Å². The molecule has 0 aromatic carbocycles. The fourth-order valence-corrected chi connectivity index (χ4v) is 4.49. The van der Waals surface area contributed by atoms with Crippen LogP contribution in [0.4, 0.5) is 11.5 Å². The van der Waals surface area contributed by atoms with Crippen LogP contribution in [0.25, 0.3) is 11.0 Å². The molecule has 1 unspecified atom stereocenters. The number of aromatic nitrogens is 4. The first kappa shape index (κ1) is 21.7. The predicted octanol–water partition coefficient (Wildman–Crippen LogP) is 4.18. The Bertz CT molecular complexity index is 1100. The molecule has 1 aliphatic rings. The number of rotatable bonds is 7. The number of fused-ring (bicyclic) bond motifs is 1. The number of aryl methyl sites for hydroxylation is 4. The Morgan fingerprint density at radius 3 is 2.90 bits per heavy atom. The molecule has 31 heavy (non-hydrogen) atoms. The van der Waals surface area contributed by atoms with E-state index in [1.54, 1.807) is 6.21 Å². The zero-order valence-electron chi connectivity index (χ0n) is 18.7. The van der Waals surface area contributed by atoms with Crippen LogP contribution in [-0.4, -0.2) is 52.3 Å². The molecule has 2 N–H and O–H groups in total. The number of aliphatic imine (C=N–C) groups is 1. The smallest absolute Gasteiger partial charge is 0.144 e. The Morgan fingerprint density at radius 1 is 1.35 bits per heavy atom. The van der Waals surface area contributed by atoms with E-state index in [-0.39, 0.29) is 0 Å². The number of likely N-dealkylation sites (N-methyl/N-ethyl adjacent to an activating group) is 1. The fourth-order valence-electron chi connectivity index (χ4n) is 4.13. The van der Waals surface area contributed by atoms with Crippen molar-refractivity contribution in [2.45, 2.75) is 52.5 Å². The summed E-state index contributed by atoms with van der Waals surface area (Å²) in [6.45, 7) is 7.87. The van der Waals surface area contributed by atoms with Crippen molar-refractivity contribution in [1.29, 1.82) is 0 Å². The number of hydrogen-bond acceptors (Lipinski definition) is 6. The highest BCUT2D eigenvalue weighted by Crippen LogP contribution is 2.35. The Labute approximate surface area is 188 Å². The maximum Gasteiger partial charge on any atom is 0.144 e. The van der Waals surface area contributed by atoms with E-state index < -0.39 is 0 Å². The second kappa shape index (κ2) is 9.32.